The summed E-state index contributed by atoms with van der Waals surface area (Å²) in [6, 6.07) is 5.30. The smallest absolute Gasteiger partial charge is 0.315 e. The minimum atomic E-state index is -0.790. The lowest BCUT2D eigenvalue weighted by molar-refractivity contribution is -0.140. The summed E-state index contributed by atoms with van der Waals surface area (Å²) in [5.41, 5.74) is -0.144. The standard InChI is InChI=1S/C12H15NO3/c1-8(2)16-10-5-3-4-9(13-10)12(6-7-12)11(14)15/h3-5,8H,6-7H2,1-2H3,(H,14,15). The number of ether oxygens (including phenoxy) is 1. The van der Waals surface area contributed by atoms with E-state index >= 15 is 0 Å². The fraction of sp³-hybridized carbons (Fsp3) is 0.500. The molecule has 1 fully saturated rings. The van der Waals surface area contributed by atoms with Gasteiger partial charge >= 0.3 is 5.97 Å². The number of nitrogens with zero attached hydrogens (tertiary/aromatic N) is 1. The molecule has 0 spiro atoms. The molecule has 0 aromatic carbocycles. The third kappa shape index (κ3) is 1.87. The van der Waals surface area contributed by atoms with E-state index in [1.165, 1.54) is 0 Å². The van der Waals surface area contributed by atoms with Crippen molar-refractivity contribution >= 4 is 5.97 Å². The van der Waals surface area contributed by atoms with Crippen molar-refractivity contribution in [3.05, 3.63) is 23.9 Å². The van der Waals surface area contributed by atoms with E-state index in [1.54, 1.807) is 18.2 Å². The number of carboxylic acids is 1. The first-order valence-corrected chi connectivity index (χ1v) is 5.42. The van der Waals surface area contributed by atoms with Crippen molar-refractivity contribution in [3.63, 3.8) is 0 Å². The van der Waals surface area contributed by atoms with Gasteiger partial charge in [0, 0.05) is 6.07 Å². The Morgan fingerprint density at radius 2 is 2.19 bits per heavy atom. The van der Waals surface area contributed by atoms with Gasteiger partial charge in [-0.25, -0.2) is 4.98 Å². The largest absolute Gasteiger partial charge is 0.481 e. The highest BCUT2D eigenvalue weighted by atomic mass is 16.5. The van der Waals surface area contributed by atoms with Crippen molar-refractivity contribution in [1.82, 2.24) is 4.98 Å². The summed E-state index contributed by atoms with van der Waals surface area (Å²) in [6.45, 7) is 3.83. The Morgan fingerprint density at radius 1 is 1.50 bits per heavy atom. The number of pyridine rings is 1. The summed E-state index contributed by atoms with van der Waals surface area (Å²) >= 11 is 0. The Hall–Kier alpha value is -1.58. The van der Waals surface area contributed by atoms with Crippen LogP contribution in [-0.2, 0) is 10.2 Å². The molecule has 1 aromatic heterocycles. The Bertz CT molecular complexity index is 410. The molecule has 1 aromatic rings. The highest BCUT2D eigenvalue weighted by molar-refractivity contribution is 5.84. The van der Waals surface area contributed by atoms with Crippen LogP contribution in [0.1, 0.15) is 32.4 Å². The zero-order valence-corrected chi connectivity index (χ0v) is 9.43. The molecule has 0 aliphatic heterocycles. The third-order valence-electron chi connectivity index (χ3n) is 2.73. The Labute approximate surface area is 94.3 Å². The maximum atomic E-state index is 11.1. The lowest BCUT2D eigenvalue weighted by Gasteiger charge is -2.12. The number of aromatic nitrogens is 1. The average molecular weight is 221 g/mol. The third-order valence-corrected chi connectivity index (χ3v) is 2.73. The van der Waals surface area contributed by atoms with E-state index in [9.17, 15) is 4.79 Å². The van der Waals surface area contributed by atoms with Crippen molar-refractivity contribution in [2.24, 2.45) is 0 Å². The van der Waals surface area contributed by atoms with Gasteiger partial charge in [0.15, 0.2) is 0 Å². The van der Waals surface area contributed by atoms with Crippen molar-refractivity contribution in [2.45, 2.75) is 38.2 Å². The predicted octanol–water partition coefficient (Wildman–Crippen LogP) is 1.99. The fourth-order valence-electron chi connectivity index (χ4n) is 1.69. The van der Waals surface area contributed by atoms with Gasteiger partial charge < -0.3 is 9.84 Å². The molecule has 1 saturated carbocycles. The van der Waals surface area contributed by atoms with Crippen LogP contribution in [0.4, 0.5) is 0 Å². The molecule has 1 heterocycles. The van der Waals surface area contributed by atoms with Crippen LogP contribution in [-0.4, -0.2) is 22.2 Å². The number of carbonyl (C=O) groups is 1. The summed E-state index contributed by atoms with van der Waals surface area (Å²) in [6.07, 6.45) is 1.38. The summed E-state index contributed by atoms with van der Waals surface area (Å²) in [7, 11) is 0. The van der Waals surface area contributed by atoms with E-state index in [4.69, 9.17) is 9.84 Å². The molecule has 0 amide bonds. The minimum absolute atomic E-state index is 0.0442. The Morgan fingerprint density at radius 3 is 2.69 bits per heavy atom. The number of hydrogen-bond donors (Lipinski definition) is 1. The van der Waals surface area contributed by atoms with Crippen LogP contribution in [0.5, 0.6) is 5.88 Å². The molecule has 16 heavy (non-hydrogen) atoms. The highest BCUT2D eigenvalue weighted by Gasteiger charge is 2.53. The molecule has 0 saturated heterocycles. The molecule has 86 valence electrons. The summed E-state index contributed by atoms with van der Waals surface area (Å²) in [4.78, 5) is 15.4. The maximum Gasteiger partial charge on any atom is 0.315 e. The molecule has 2 rings (SSSR count). The van der Waals surface area contributed by atoms with E-state index in [2.05, 4.69) is 4.98 Å². The first-order chi connectivity index (χ1) is 7.54. The molecule has 1 aliphatic rings. The summed E-state index contributed by atoms with van der Waals surface area (Å²) in [5, 5.41) is 9.15. The molecule has 0 atom stereocenters. The van der Waals surface area contributed by atoms with Crippen LogP contribution in [0.25, 0.3) is 0 Å². The topological polar surface area (TPSA) is 59.4 Å². The van der Waals surface area contributed by atoms with E-state index in [0.717, 1.165) is 0 Å². The molecule has 1 N–H and O–H groups in total. The monoisotopic (exact) mass is 221 g/mol. The summed E-state index contributed by atoms with van der Waals surface area (Å²) < 4.78 is 5.45. The number of carboxylic acid groups (broad SMARTS) is 1. The maximum absolute atomic E-state index is 11.1. The SMILES string of the molecule is CC(C)Oc1cccc(C2(C(=O)O)CC2)n1. The van der Waals surface area contributed by atoms with Gasteiger partial charge in [0.1, 0.15) is 5.41 Å². The molecular formula is C12H15NO3. The van der Waals surface area contributed by atoms with Crippen LogP contribution in [0.2, 0.25) is 0 Å². The van der Waals surface area contributed by atoms with Crippen molar-refractivity contribution in [3.8, 4) is 5.88 Å². The van der Waals surface area contributed by atoms with Gasteiger partial charge in [-0.2, -0.15) is 0 Å². The van der Waals surface area contributed by atoms with Crippen molar-refractivity contribution in [2.75, 3.05) is 0 Å². The molecule has 0 bridgehead atoms. The number of aliphatic carboxylic acids is 1. The first-order valence-electron chi connectivity index (χ1n) is 5.42. The Balaban J connectivity index is 2.26. The molecule has 4 heteroatoms. The fourth-order valence-corrected chi connectivity index (χ4v) is 1.69. The van der Waals surface area contributed by atoms with Gasteiger partial charge in [0.2, 0.25) is 5.88 Å². The lowest BCUT2D eigenvalue weighted by atomic mass is 10.0. The van der Waals surface area contributed by atoms with E-state index in [-0.39, 0.29) is 6.10 Å². The predicted molar refractivity (Wildman–Crippen MR) is 58.5 cm³/mol. The van der Waals surface area contributed by atoms with Crippen LogP contribution in [0, 0.1) is 0 Å². The van der Waals surface area contributed by atoms with E-state index < -0.39 is 11.4 Å². The van der Waals surface area contributed by atoms with Gasteiger partial charge in [0.25, 0.3) is 0 Å². The zero-order chi connectivity index (χ0) is 11.8. The number of hydrogen-bond acceptors (Lipinski definition) is 3. The quantitative estimate of drug-likeness (QED) is 0.844. The molecule has 4 nitrogen and oxygen atoms in total. The second kappa shape index (κ2) is 3.77. The highest BCUT2D eigenvalue weighted by Crippen LogP contribution is 2.47. The Kier molecular flexibility index (Phi) is 2.58. The van der Waals surface area contributed by atoms with Crippen LogP contribution in [0.15, 0.2) is 18.2 Å². The first kappa shape index (κ1) is 10.9. The van der Waals surface area contributed by atoms with Crippen molar-refractivity contribution in [1.29, 1.82) is 0 Å². The second-order valence-corrected chi connectivity index (χ2v) is 4.41. The average Bonchev–Trinajstić information content (AvgIpc) is 2.97. The molecule has 0 radical (unpaired) electrons. The van der Waals surface area contributed by atoms with Crippen LogP contribution in [0.3, 0.4) is 0 Å². The lowest BCUT2D eigenvalue weighted by Crippen LogP contribution is -2.21. The van der Waals surface area contributed by atoms with Gasteiger partial charge in [0.05, 0.1) is 11.8 Å². The zero-order valence-electron chi connectivity index (χ0n) is 9.43. The molecular weight excluding hydrogens is 206 g/mol. The van der Waals surface area contributed by atoms with E-state index in [0.29, 0.717) is 24.4 Å². The van der Waals surface area contributed by atoms with Gasteiger partial charge in [-0.15, -0.1) is 0 Å². The summed E-state index contributed by atoms with van der Waals surface area (Å²) in [5.74, 6) is -0.290. The van der Waals surface area contributed by atoms with Crippen LogP contribution < -0.4 is 4.74 Å². The van der Waals surface area contributed by atoms with E-state index in [1.807, 2.05) is 13.8 Å². The van der Waals surface area contributed by atoms with Gasteiger partial charge in [-0.3, -0.25) is 4.79 Å². The number of rotatable bonds is 4. The second-order valence-electron chi connectivity index (χ2n) is 4.41. The molecule has 0 unspecified atom stereocenters. The minimum Gasteiger partial charge on any atom is -0.481 e. The van der Waals surface area contributed by atoms with Gasteiger partial charge in [-0.05, 0) is 32.8 Å². The van der Waals surface area contributed by atoms with Crippen molar-refractivity contribution < 1.29 is 14.6 Å². The van der Waals surface area contributed by atoms with Gasteiger partial charge in [-0.1, -0.05) is 6.07 Å². The van der Waals surface area contributed by atoms with Crippen LogP contribution >= 0.6 is 0 Å². The molecule has 1 aliphatic carbocycles. The normalized spacial score (nSPS) is 17.2.